The Kier molecular flexibility index (Phi) is 6.80. The quantitative estimate of drug-likeness (QED) is 0.815. The van der Waals surface area contributed by atoms with Gasteiger partial charge in [0.15, 0.2) is 11.5 Å². The van der Waals surface area contributed by atoms with Crippen molar-refractivity contribution in [3.05, 3.63) is 22.2 Å². The summed E-state index contributed by atoms with van der Waals surface area (Å²) >= 11 is 3.58. The zero-order valence-electron chi connectivity index (χ0n) is 12.7. The third-order valence-corrected chi connectivity index (χ3v) is 4.41. The maximum Gasteiger partial charge on any atom is 0.175 e. The van der Waals surface area contributed by atoms with Gasteiger partial charge in [-0.2, -0.15) is 0 Å². The molecular formula is C16H25BrN2O2. The Bertz CT molecular complexity index is 448. The molecule has 1 aromatic rings. The normalized spacial score (nSPS) is 16.0. The molecule has 1 heterocycles. The Balaban J connectivity index is 1.94. The number of ether oxygens (including phenoxy) is 2. The molecule has 0 aliphatic carbocycles. The highest BCUT2D eigenvalue weighted by Gasteiger charge is 2.13. The fourth-order valence-electron chi connectivity index (χ4n) is 2.68. The summed E-state index contributed by atoms with van der Waals surface area (Å²) < 4.78 is 12.3. The highest BCUT2D eigenvalue weighted by molar-refractivity contribution is 9.10. The van der Waals surface area contributed by atoms with Crippen LogP contribution in [0.15, 0.2) is 16.6 Å². The van der Waals surface area contributed by atoms with Gasteiger partial charge in [0.2, 0.25) is 0 Å². The van der Waals surface area contributed by atoms with Crippen LogP contribution in [0.2, 0.25) is 0 Å². The van der Waals surface area contributed by atoms with Gasteiger partial charge in [-0.1, -0.05) is 6.42 Å². The molecule has 0 aromatic heterocycles. The fraction of sp³-hybridized carbons (Fsp3) is 0.625. The molecule has 1 aliphatic rings. The van der Waals surface area contributed by atoms with Crippen molar-refractivity contribution >= 4 is 15.9 Å². The van der Waals surface area contributed by atoms with Gasteiger partial charge < -0.3 is 15.2 Å². The van der Waals surface area contributed by atoms with E-state index in [2.05, 4.69) is 26.9 Å². The first-order chi connectivity index (χ1) is 10.2. The van der Waals surface area contributed by atoms with Gasteiger partial charge in [0.1, 0.15) is 6.61 Å². The summed E-state index contributed by atoms with van der Waals surface area (Å²) in [4.78, 5) is 2.46. The second-order valence-electron chi connectivity index (χ2n) is 5.40. The molecule has 1 fully saturated rings. The number of nitrogens with two attached hydrogens (primary N) is 1. The van der Waals surface area contributed by atoms with E-state index in [4.69, 9.17) is 15.2 Å². The van der Waals surface area contributed by atoms with Gasteiger partial charge in [-0.05, 0) is 72.5 Å². The summed E-state index contributed by atoms with van der Waals surface area (Å²) in [6, 6.07) is 4.07. The predicted molar refractivity (Wildman–Crippen MR) is 89.2 cm³/mol. The third-order valence-electron chi connectivity index (χ3n) is 3.82. The standard InChI is InChI=1S/C16H25BrN2O2/c1-20-15-12-13(5-6-18)11-14(17)16(15)21-10-9-19-7-3-2-4-8-19/h11-12H,2-10,18H2,1H3. The first kappa shape index (κ1) is 16.6. The number of hydrogen-bond donors (Lipinski definition) is 1. The van der Waals surface area contributed by atoms with Crippen molar-refractivity contribution in [2.24, 2.45) is 5.73 Å². The Morgan fingerprint density at radius 2 is 2.00 bits per heavy atom. The predicted octanol–water partition coefficient (Wildman–Crippen LogP) is 2.82. The molecule has 4 nitrogen and oxygen atoms in total. The summed E-state index contributed by atoms with van der Waals surface area (Å²) in [5, 5.41) is 0. The van der Waals surface area contributed by atoms with E-state index in [9.17, 15) is 0 Å². The number of piperidine rings is 1. The summed E-state index contributed by atoms with van der Waals surface area (Å²) in [7, 11) is 1.67. The van der Waals surface area contributed by atoms with Crippen LogP contribution in [-0.4, -0.2) is 44.8 Å². The highest BCUT2D eigenvalue weighted by Crippen LogP contribution is 2.36. The molecule has 0 saturated carbocycles. The van der Waals surface area contributed by atoms with Crippen LogP contribution >= 0.6 is 15.9 Å². The monoisotopic (exact) mass is 356 g/mol. The summed E-state index contributed by atoms with van der Waals surface area (Å²) in [5.41, 5.74) is 6.77. The topological polar surface area (TPSA) is 47.7 Å². The minimum Gasteiger partial charge on any atom is -0.493 e. The van der Waals surface area contributed by atoms with E-state index in [0.717, 1.165) is 34.5 Å². The van der Waals surface area contributed by atoms with E-state index in [1.54, 1.807) is 7.11 Å². The first-order valence-electron chi connectivity index (χ1n) is 7.66. The van der Waals surface area contributed by atoms with Crippen molar-refractivity contribution in [1.29, 1.82) is 0 Å². The molecule has 21 heavy (non-hydrogen) atoms. The molecule has 2 N–H and O–H groups in total. The Morgan fingerprint density at radius 3 is 2.67 bits per heavy atom. The number of likely N-dealkylation sites (tertiary alicyclic amines) is 1. The molecule has 1 saturated heterocycles. The average Bonchev–Trinajstić information content (AvgIpc) is 2.50. The Morgan fingerprint density at radius 1 is 1.24 bits per heavy atom. The number of methoxy groups -OCH3 is 1. The van der Waals surface area contributed by atoms with E-state index in [1.807, 2.05) is 6.07 Å². The van der Waals surface area contributed by atoms with E-state index in [-0.39, 0.29) is 0 Å². The van der Waals surface area contributed by atoms with Gasteiger partial charge in [0.25, 0.3) is 0 Å². The maximum atomic E-state index is 5.95. The SMILES string of the molecule is COc1cc(CCN)cc(Br)c1OCCN1CCCCC1. The molecule has 0 radical (unpaired) electrons. The van der Waals surface area contributed by atoms with Gasteiger partial charge >= 0.3 is 0 Å². The first-order valence-corrected chi connectivity index (χ1v) is 8.45. The van der Waals surface area contributed by atoms with Crippen LogP contribution in [-0.2, 0) is 6.42 Å². The fourth-order valence-corrected chi connectivity index (χ4v) is 3.29. The van der Waals surface area contributed by atoms with E-state index < -0.39 is 0 Å². The van der Waals surface area contributed by atoms with Crippen LogP contribution in [0.25, 0.3) is 0 Å². The molecule has 2 rings (SSSR count). The van der Waals surface area contributed by atoms with Gasteiger partial charge in [0, 0.05) is 6.54 Å². The van der Waals surface area contributed by atoms with Crippen molar-refractivity contribution < 1.29 is 9.47 Å². The number of rotatable bonds is 7. The summed E-state index contributed by atoms with van der Waals surface area (Å²) in [6.07, 6.45) is 4.81. The minimum absolute atomic E-state index is 0.630. The highest BCUT2D eigenvalue weighted by atomic mass is 79.9. The zero-order chi connectivity index (χ0) is 15.1. The molecule has 0 amide bonds. The van der Waals surface area contributed by atoms with Crippen molar-refractivity contribution in [1.82, 2.24) is 4.90 Å². The smallest absolute Gasteiger partial charge is 0.175 e. The third kappa shape index (κ3) is 4.87. The van der Waals surface area contributed by atoms with Crippen LogP contribution in [0, 0.1) is 0 Å². The molecule has 5 heteroatoms. The number of halogens is 1. The van der Waals surface area contributed by atoms with Crippen LogP contribution < -0.4 is 15.2 Å². The van der Waals surface area contributed by atoms with Crippen molar-refractivity contribution in [2.75, 3.05) is 39.9 Å². The molecule has 0 atom stereocenters. The lowest BCUT2D eigenvalue weighted by Crippen LogP contribution is -2.33. The molecule has 0 spiro atoms. The van der Waals surface area contributed by atoms with Gasteiger partial charge in [0.05, 0.1) is 11.6 Å². The van der Waals surface area contributed by atoms with Crippen LogP contribution in [0.4, 0.5) is 0 Å². The summed E-state index contributed by atoms with van der Waals surface area (Å²) in [5.74, 6) is 1.56. The van der Waals surface area contributed by atoms with Gasteiger partial charge in [-0.3, -0.25) is 4.90 Å². The number of nitrogens with zero attached hydrogens (tertiary/aromatic N) is 1. The second-order valence-corrected chi connectivity index (χ2v) is 6.25. The van der Waals surface area contributed by atoms with Crippen molar-refractivity contribution in [3.63, 3.8) is 0 Å². The lowest BCUT2D eigenvalue weighted by atomic mass is 10.1. The number of benzene rings is 1. The average molecular weight is 357 g/mol. The molecule has 1 aliphatic heterocycles. The Labute approximate surface area is 135 Å². The van der Waals surface area contributed by atoms with Crippen molar-refractivity contribution in [3.8, 4) is 11.5 Å². The van der Waals surface area contributed by atoms with E-state index in [0.29, 0.717) is 13.2 Å². The molecule has 118 valence electrons. The molecule has 0 bridgehead atoms. The Hall–Kier alpha value is -0.780. The zero-order valence-corrected chi connectivity index (χ0v) is 14.3. The minimum atomic E-state index is 0.630. The lowest BCUT2D eigenvalue weighted by molar-refractivity contribution is 0.180. The van der Waals surface area contributed by atoms with Gasteiger partial charge in [-0.15, -0.1) is 0 Å². The molecule has 0 unspecified atom stereocenters. The van der Waals surface area contributed by atoms with Crippen LogP contribution in [0.5, 0.6) is 11.5 Å². The van der Waals surface area contributed by atoms with Crippen molar-refractivity contribution in [2.45, 2.75) is 25.7 Å². The summed E-state index contributed by atoms with van der Waals surface area (Å²) in [6.45, 7) is 4.67. The van der Waals surface area contributed by atoms with E-state index >= 15 is 0 Å². The maximum absolute atomic E-state index is 5.95. The van der Waals surface area contributed by atoms with Crippen LogP contribution in [0.3, 0.4) is 0 Å². The van der Waals surface area contributed by atoms with Gasteiger partial charge in [-0.25, -0.2) is 0 Å². The van der Waals surface area contributed by atoms with Crippen LogP contribution in [0.1, 0.15) is 24.8 Å². The second kappa shape index (κ2) is 8.61. The lowest BCUT2D eigenvalue weighted by Gasteiger charge is -2.26. The molecular weight excluding hydrogens is 332 g/mol. The number of hydrogen-bond acceptors (Lipinski definition) is 4. The molecule has 1 aromatic carbocycles. The van der Waals surface area contributed by atoms with E-state index in [1.165, 1.54) is 32.4 Å². The largest absolute Gasteiger partial charge is 0.493 e.